The molecule has 3 aromatic rings. The van der Waals surface area contributed by atoms with E-state index in [1.807, 2.05) is 37.3 Å². The minimum Gasteiger partial charge on any atom is -0.489 e. The van der Waals surface area contributed by atoms with E-state index in [4.69, 9.17) is 4.74 Å². The second-order valence-corrected chi connectivity index (χ2v) is 8.12. The molecule has 3 aromatic carbocycles. The SMILES string of the molecule is CC(=O)c1ccc(NS(=O)(=O)c2ccc(C)c(OCc3ccccc3)c2)cc1. The molecule has 0 atom stereocenters. The zero-order valence-electron chi connectivity index (χ0n) is 15.7. The Hall–Kier alpha value is -3.12. The summed E-state index contributed by atoms with van der Waals surface area (Å²) in [5, 5.41) is 0. The summed E-state index contributed by atoms with van der Waals surface area (Å²) in [6, 6.07) is 20.7. The average Bonchev–Trinajstić information content (AvgIpc) is 2.68. The Morgan fingerprint density at radius 1 is 0.964 bits per heavy atom. The second kappa shape index (κ2) is 8.27. The van der Waals surface area contributed by atoms with E-state index in [0.29, 0.717) is 23.6 Å². The predicted octanol–water partition coefficient (Wildman–Crippen LogP) is 4.58. The van der Waals surface area contributed by atoms with Gasteiger partial charge in [0, 0.05) is 17.3 Å². The number of sulfonamides is 1. The summed E-state index contributed by atoms with van der Waals surface area (Å²) in [7, 11) is -3.78. The molecule has 0 bridgehead atoms. The summed E-state index contributed by atoms with van der Waals surface area (Å²) >= 11 is 0. The Balaban J connectivity index is 1.78. The van der Waals surface area contributed by atoms with Crippen LogP contribution in [0.4, 0.5) is 5.69 Å². The van der Waals surface area contributed by atoms with Gasteiger partial charge in [0.05, 0.1) is 4.90 Å². The van der Waals surface area contributed by atoms with Crippen LogP contribution in [0.5, 0.6) is 5.75 Å². The average molecular weight is 395 g/mol. The summed E-state index contributed by atoms with van der Waals surface area (Å²) in [4.78, 5) is 11.5. The van der Waals surface area contributed by atoms with Crippen molar-refractivity contribution in [1.82, 2.24) is 0 Å². The molecule has 0 spiro atoms. The molecule has 0 aliphatic rings. The van der Waals surface area contributed by atoms with Crippen molar-refractivity contribution in [2.45, 2.75) is 25.3 Å². The van der Waals surface area contributed by atoms with Crippen LogP contribution < -0.4 is 9.46 Å². The first-order valence-electron chi connectivity index (χ1n) is 8.76. The number of carbonyl (C=O) groups excluding carboxylic acids is 1. The van der Waals surface area contributed by atoms with Crippen LogP contribution in [0.3, 0.4) is 0 Å². The fourth-order valence-electron chi connectivity index (χ4n) is 2.63. The summed E-state index contributed by atoms with van der Waals surface area (Å²) in [6.45, 7) is 3.68. The van der Waals surface area contributed by atoms with Crippen molar-refractivity contribution < 1.29 is 17.9 Å². The molecule has 0 radical (unpaired) electrons. The van der Waals surface area contributed by atoms with Crippen molar-refractivity contribution >= 4 is 21.5 Å². The molecule has 5 nitrogen and oxygen atoms in total. The number of carbonyl (C=O) groups is 1. The maximum atomic E-state index is 12.7. The molecule has 0 aromatic heterocycles. The summed E-state index contributed by atoms with van der Waals surface area (Å²) < 4.78 is 33.8. The fourth-order valence-corrected chi connectivity index (χ4v) is 3.70. The number of benzene rings is 3. The molecule has 144 valence electrons. The third-order valence-electron chi connectivity index (χ3n) is 4.25. The number of rotatable bonds is 7. The largest absolute Gasteiger partial charge is 0.489 e. The minimum atomic E-state index is -3.78. The highest BCUT2D eigenvalue weighted by atomic mass is 32.2. The molecule has 0 fully saturated rings. The number of anilines is 1. The van der Waals surface area contributed by atoms with E-state index in [0.717, 1.165) is 11.1 Å². The number of ketones is 1. The third-order valence-corrected chi connectivity index (χ3v) is 5.63. The first kappa shape index (κ1) is 19.6. The van der Waals surface area contributed by atoms with Crippen molar-refractivity contribution in [3.05, 3.63) is 89.5 Å². The predicted molar refractivity (Wildman–Crippen MR) is 109 cm³/mol. The van der Waals surface area contributed by atoms with Gasteiger partial charge in [0.25, 0.3) is 10.0 Å². The molecule has 0 aliphatic heterocycles. The van der Waals surface area contributed by atoms with Crippen LogP contribution in [0.15, 0.2) is 77.7 Å². The number of hydrogen-bond donors (Lipinski definition) is 1. The molecule has 0 saturated carbocycles. The highest BCUT2D eigenvalue weighted by molar-refractivity contribution is 7.92. The van der Waals surface area contributed by atoms with Gasteiger partial charge in [0.15, 0.2) is 5.78 Å². The lowest BCUT2D eigenvalue weighted by molar-refractivity contribution is 0.101. The van der Waals surface area contributed by atoms with E-state index < -0.39 is 10.0 Å². The Kier molecular flexibility index (Phi) is 5.80. The molecule has 0 aliphatic carbocycles. The maximum Gasteiger partial charge on any atom is 0.262 e. The van der Waals surface area contributed by atoms with Gasteiger partial charge in [-0.1, -0.05) is 36.4 Å². The third kappa shape index (κ3) is 4.78. The summed E-state index contributed by atoms with van der Waals surface area (Å²) in [6.07, 6.45) is 0. The molecule has 1 N–H and O–H groups in total. The Bertz CT molecular complexity index is 1080. The van der Waals surface area contributed by atoms with E-state index >= 15 is 0 Å². The number of ether oxygens (including phenoxy) is 1. The van der Waals surface area contributed by atoms with Crippen LogP contribution >= 0.6 is 0 Å². The zero-order chi connectivity index (χ0) is 20.1. The van der Waals surface area contributed by atoms with Gasteiger partial charge < -0.3 is 4.74 Å². The minimum absolute atomic E-state index is 0.0758. The number of Topliss-reactive ketones (excluding diaryl/α,β-unsaturated/α-hetero) is 1. The van der Waals surface area contributed by atoms with Crippen molar-refractivity contribution in [2.75, 3.05) is 4.72 Å². The van der Waals surface area contributed by atoms with Gasteiger partial charge in [-0.05, 0) is 55.3 Å². The molecule has 0 unspecified atom stereocenters. The lowest BCUT2D eigenvalue weighted by Gasteiger charge is -2.13. The van der Waals surface area contributed by atoms with Gasteiger partial charge in [-0.2, -0.15) is 0 Å². The van der Waals surface area contributed by atoms with Crippen LogP contribution in [0.2, 0.25) is 0 Å². The second-order valence-electron chi connectivity index (χ2n) is 6.44. The highest BCUT2D eigenvalue weighted by Crippen LogP contribution is 2.25. The van der Waals surface area contributed by atoms with Gasteiger partial charge in [-0.3, -0.25) is 9.52 Å². The van der Waals surface area contributed by atoms with Crippen molar-refractivity contribution in [3.8, 4) is 5.75 Å². The monoisotopic (exact) mass is 395 g/mol. The first-order chi connectivity index (χ1) is 13.3. The van der Waals surface area contributed by atoms with E-state index in [9.17, 15) is 13.2 Å². The van der Waals surface area contributed by atoms with Gasteiger partial charge in [-0.25, -0.2) is 8.42 Å². The summed E-state index contributed by atoms with van der Waals surface area (Å²) in [5.74, 6) is 0.437. The Morgan fingerprint density at radius 3 is 2.29 bits per heavy atom. The van der Waals surface area contributed by atoms with Crippen molar-refractivity contribution in [1.29, 1.82) is 0 Å². The van der Waals surface area contributed by atoms with Crippen LogP contribution in [0, 0.1) is 6.92 Å². The molecule has 28 heavy (non-hydrogen) atoms. The van der Waals surface area contributed by atoms with E-state index in [1.54, 1.807) is 30.3 Å². The van der Waals surface area contributed by atoms with Crippen LogP contribution in [-0.4, -0.2) is 14.2 Å². The lowest BCUT2D eigenvalue weighted by atomic mass is 10.1. The van der Waals surface area contributed by atoms with E-state index in [2.05, 4.69) is 4.72 Å². The van der Waals surface area contributed by atoms with Gasteiger partial charge in [-0.15, -0.1) is 0 Å². The molecule has 0 saturated heterocycles. The van der Waals surface area contributed by atoms with Crippen LogP contribution in [-0.2, 0) is 16.6 Å². The number of nitrogens with one attached hydrogen (secondary N) is 1. The maximum absolute atomic E-state index is 12.7. The van der Waals surface area contributed by atoms with Crippen molar-refractivity contribution in [2.24, 2.45) is 0 Å². The van der Waals surface area contributed by atoms with E-state index in [-0.39, 0.29) is 10.7 Å². The van der Waals surface area contributed by atoms with Gasteiger partial charge in [0.2, 0.25) is 0 Å². The molecule has 6 heteroatoms. The molecule has 3 rings (SSSR count). The summed E-state index contributed by atoms with van der Waals surface area (Å²) in [5.41, 5.74) is 2.76. The zero-order valence-corrected chi connectivity index (χ0v) is 16.5. The van der Waals surface area contributed by atoms with E-state index in [1.165, 1.54) is 19.1 Å². The lowest BCUT2D eigenvalue weighted by Crippen LogP contribution is -2.13. The molecular weight excluding hydrogens is 374 g/mol. The normalized spacial score (nSPS) is 11.1. The standard InChI is InChI=1S/C22H21NO4S/c1-16-8-13-21(14-22(16)27-15-18-6-4-3-5-7-18)28(25,26)23-20-11-9-19(10-12-20)17(2)24/h3-14,23H,15H2,1-2H3. The quantitative estimate of drug-likeness (QED) is 0.595. The Labute approximate surface area is 165 Å². The van der Waals surface area contributed by atoms with Gasteiger partial charge >= 0.3 is 0 Å². The molecule has 0 amide bonds. The highest BCUT2D eigenvalue weighted by Gasteiger charge is 2.16. The smallest absolute Gasteiger partial charge is 0.262 e. The van der Waals surface area contributed by atoms with Gasteiger partial charge in [0.1, 0.15) is 12.4 Å². The topological polar surface area (TPSA) is 72.5 Å². The fraction of sp³-hybridized carbons (Fsp3) is 0.136. The number of hydrogen-bond acceptors (Lipinski definition) is 4. The van der Waals surface area contributed by atoms with Crippen LogP contribution in [0.25, 0.3) is 0 Å². The first-order valence-corrected chi connectivity index (χ1v) is 10.2. The molecule has 0 heterocycles. The number of aryl methyl sites for hydroxylation is 1. The van der Waals surface area contributed by atoms with Crippen LogP contribution in [0.1, 0.15) is 28.4 Å². The Morgan fingerprint density at radius 2 is 1.64 bits per heavy atom. The van der Waals surface area contributed by atoms with Crippen molar-refractivity contribution in [3.63, 3.8) is 0 Å². The molecular formula is C22H21NO4S.